The van der Waals surface area contributed by atoms with Crippen LogP contribution in [0.2, 0.25) is 0 Å². The van der Waals surface area contributed by atoms with Crippen LogP contribution in [0.4, 0.5) is 17.1 Å². The molecule has 0 fully saturated rings. The first kappa shape index (κ1) is 27.9. The molecule has 12 aromatic rings. The number of anilines is 3. The molecule has 2 heteroatoms. The van der Waals surface area contributed by atoms with Crippen molar-refractivity contribution in [1.29, 1.82) is 0 Å². The SMILES string of the molecule is c1ccc(-n2c3ccccc3c3cccc(N(c4ccc5ccc6cccc7ccc4c5c67)c4ccc5ccc6cccc7ccc4c5c67)c32)cc1. The van der Waals surface area contributed by atoms with Crippen LogP contribution in [0, 0.1) is 0 Å². The Bertz CT molecular complexity index is 3170. The average Bonchev–Trinajstić information content (AvgIpc) is 3.55. The minimum absolute atomic E-state index is 1.14. The van der Waals surface area contributed by atoms with Gasteiger partial charge in [-0.15, -0.1) is 0 Å². The molecule has 1 aromatic heterocycles. The van der Waals surface area contributed by atoms with Gasteiger partial charge in [-0.25, -0.2) is 0 Å². The van der Waals surface area contributed by atoms with Gasteiger partial charge < -0.3 is 9.47 Å². The van der Waals surface area contributed by atoms with E-state index in [9.17, 15) is 0 Å². The van der Waals surface area contributed by atoms with E-state index in [1.54, 1.807) is 0 Å². The first-order valence-electron chi connectivity index (χ1n) is 18.0. The van der Waals surface area contributed by atoms with Gasteiger partial charge in [-0.1, -0.05) is 146 Å². The highest BCUT2D eigenvalue weighted by Crippen LogP contribution is 2.50. The van der Waals surface area contributed by atoms with Crippen molar-refractivity contribution in [2.45, 2.75) is 0 Å². The average molecular weight is 659 g/mol. The van der Waals surface area contributed by atoms with Gasteiger partial charge in [-0.3, -0.25) is 0 Å². The van der Waals surface area contributed by atoms with E-state index in [1.807, 2.05) is 0 Å². The Kier molecular flexibility index (Phi) is 5.53. The molecule has 0 aliphatic heterocycles. The molecule has 52 heavy (non-hydrogen) atoms. The van der Waals surface area contributed by atoms with Crippen LogP contribution in [-0.4, -0.2) is 4.57 Å². The number of rotatable bonds is 4. The maximum atomic E-state index is 2.55. The second-order valence-corrected chi connectivity index (χ2v) is 14.1. The van der Waals surface area contributed by atoms with Gasteiger partial charge in [0.25, 0.3) is 0 Å². The van der Waals surface area contributed by atoms with Crippen LogP contribution >= 0.6 is 0 Å². The summed E-state index contributed by atoms with van der Waals surface area (Å²) in [7, 11) is 0. The van der Waals surface area contributed by atoms with Crippen molar-refractivity contribution in [1.82, 2.24) is 4.57 Å². The minimum atomic E-state index is 1.14. The van der Waals surface area contributed by atoms with Crippen LogP contribution < -0.4 is 4.90 Å². The Morgan fingerprint density at radius 3 is 1.35 bits per heavy atom. The first-order valence-corrected chi connectivity index (χ1v) is 18.0. The predicted molar refractivity (Wildman–Crippen MR) is 223 cm³/mol. The molecule has 0 atom stereocenters. The van der Waals surface area contributed by atoms with Crippen molar-refractivity contribution >= 4 is 104 Å². The van der Waals surface area contributed by atoms with Gasteiger partial charge in [0, 0.05) is 27.2 Å². The molecule has 240 valence electrons. The zero-order valence-electron chi connectivity index (χ0n) is 28.2. The second-order valence-electron chi connectivity index (χ2n) is 14.1. The maximum Gasteiger partial charge on any atom is 0.0782 e. The molecule has 2 nitrogen and oxygen atoms in total. The van der Waals surface area contributed by atoms with Crippen LogP contribution in [0.15, 0.2) is 182 Å². The van der Waals surface area contributed by atoms with Crippen molar-refractivity contribution in [3.8, 4) is 5.69 Å². The molecule has 0 saturated carbocycles. The van der Waals surface area contributed by atoms with Gasteiger partial charge in [0.05, 0.1) is 28.1 Å². The van der Waals surface area contributed by atoms with Crippen molar-refractivity contribution in [2.75, 3.05) is 4.90 Å². The summed E-state index contributed by atoms with van der Waals surface area (Å²) in [5, 5.41) is 17.8. The van der Waals surface area contributed by atoms with Crippen LogP contribution in [-0.2, 0) is 0 Å². The Labute approximate surface area is 299 Å². The number of para-hydroxylation sites is 3. The van der Waals surface area contributed by atoms with E-state index >= 15 is 0 Å². The number of hydrogen-bond donors (Lipinski definition) is 0. The predicted octanol–water partition coefficient (Wildman–Crippen LogP) is 14.0. The minimum Gasteiger partial charge on any atom is -0.307 e. The van der Waals surface area contributed by atoms with Crippen LogP contribution in [0.3, 0.4) is 0 Å². The standard InChI is InChI=1S/C50H30N2/c1-2-13-37(14-3-1)51-42-17-5-4-15-38(42)39-16-8-18-45(50(39)51)52(43-29-25-35-21-19-31-9-6-11-33-23-27-40(43)48(35)46(31)33)44-30-26-36-22-20-32-10-7-12-34-24-28-41(44)49(36)47(32)34/h1-30H. The smallest absolute Gasteiger partial charge is 0.0782 e. The molecule has 0 N–H and O–H groups in total. The quantitative estimate of drug-likeness (QED) is 0.171. The van der Waals surface area contributed by atoms with E-state index in [2.05, 4.69) is 191 Å². The largest absolute Gasteiger partial charge is 0.307 e. The van der Waals surface area contributed by atoms with E-state index in [-0.39, 0.29) is 0 Å². The summed E-state index contributed by atoms with van der Waals surface area (Å²) in [5.74, 6) is 0. The Morgan fingerprint density at radius 1 is 0.288 bits per heavy atom. The highest BCUT2D eigenvalue weighted by Gasteiger charge is 2.25. The molecular formula is C50H30N2. The van der Waals surface area contributed by atoms with Crippen molar-refractivity contribution in [3.63, 3.8) is 0 Å². The fourth-order valence-electron chi connectivity index (χ4n) is 9.25. The molecule has 0 radical (unpaired) electrons. The van der Waals surface area contributed by atoms with E-state index in [0.717, 1.165) is 22.7 Å². The number of fused-ring (bicyclic) bond motifs is 3. The van der Waals surface area contributed by atoms with Crippen molar-refractivity contribution in [3.05, 3.63) is 182 Å². The highest BCUT2D eigenvalue weighted by molar-refractivity contribution is 6.29. The molecule has 0 spiro atoms. The summed E-state index contributed by atoms with van der Waals surface area (Å²) in [4.78, 5) is 2.55. The molecule has 0 unspecified atom stereocenters. The van der Waals surface area contributed by atoms with Crippen molar-refractivity contribution < 1.29 is 0 Å². The van der Waals surface area contributed by atoms with E-state index in [4.69, 9.17) is 0 Å². The highest BCUT2D eigenvalue weighted by atomic mass is 15.2. The lowest BCUT2D eigenvalue weighted by Gasteiger charge is -2.30. The summed E-state index contributed by atoms with van der Waals surface area (Å²) < 4.78 is 2.46. The molecule has 0 saturated heterocycles. The molecule has 0 amide bonds. The normalized spacial score (nSPS) is 12.2. The first-order chi connectivity index (χ1) is 25.8. The van der Waals surface area contributed by atoms with Crippen LogP contribution in [0.5, 0.6) is 0 Å². The van der Waals surface area contributed by atoms with Gasteiger partial charge >= 0.3 is 0 Å². The molecule has 1 heterocycles. The maximum absolute atomic E-state index is 2.55. The third-order valence-corrected chi connectivity index (χ3v) is 11.4. The number of nitrogens with zero attached hydrogens (tertiary/aromatic N) is 2. The lowest BCUT2D eigenvalue weighted by atomic mass is 9.91. The van der Waals surface area contributed by atoms with Crippen molar-refractivity contribution in [2.24, 2.45) is 0 Å². The van der Waals surface area contributed by atoms with E-state index in [1.165, 1.54) is 86.4 Å². The summed E-state index contributed by atoms with van der Waals surface area (Å²) in [5.41, 5.74) is 7.00. The monoisotopic (exact) mass is 658 g/mol. The number of benzene rings is 11. The number of hydrogen-bond acceptors (Lipinski definition) is 1. The molecule has 12 rings (SSSR count). The Morgan fingerprint density at radius 2 is 0.750 bits per heavy atom. The molecule has 0 aliphatic rings. The fraction of sp³-hybridized carbons (Fsp3) is 0. The lowest BCUT2D eigenvalue weighted by Crippen LogP contribution is -2.13. The fourth-order valence-corrected chi connectivity index (χ4v) is 9.25. The second kappa shape index (κ2) is 10.3. The van der Waals surface area contributed by atoms with Gasteiger partial charge in [-0.05, 0) is 90.3 Å². The Balaban J connectivity index is 1.28. The van der Waals surface area contributed by atoms with Gasteiger partial charge in [0.1, 0.15) is 0 Å². The third-order valence-electron chi connectivity index (χ3n) is 11.4. The molecule has 0 aliphatic carbocycles. The van der Waals surface area contributed by atoms with Gasteiger partial charge in [0.2, 0.25) is 0 Å². The van der Waals surface area contributed by atoms with E-state index < -0.39 is 0 Å². The molecular weight excluding hydrogens is 629 g/mol. The number of aromatic nitrogens is 1. The summed E-state index contributed by atoms with van der Waals surface area (Å²) in [6.45, 7) is 0. The van der Waals surface area contributed by atoms with Crippen LogP contribution in [0.25, 0.3) is 92.1 Å². The summed E-state index contributed by atoms with van der Waals surface area (Å²) in [6, 6.07) is 67.5. The molecule has 11 aromatic carbocycles. The third kappa shape index (κ3) is 3.68. The zero-order valence-corrected chi connectivity index (χ0v) is 28.2. The summed E-state index contributed by atoms with van der Waals surface area (Å²) in [6.07, 6.45) is 0. The van der Waals surface area contributed by atoms with Gasteiger partial charge in [0.15, 0.2) is 0 Å². The molecule has 0 bridgehead atoms. The topological polar surface area (TPSA) is 8.17 Å². The van der Waals surface area contributed by atoms with Crippen LogP contribution in [0.1, 0.15) is 0 Å². The lowest BCUT2D eigenvalue weighted by molar-refractivity contribution is 1.17. The zero-order chi connectivity index (χ0) is 33.9. The Hall–Kier alpha value is -6.90. The van der Waals surface area contributed by atoms with Gasteiger partial charge in [-0.2, -0.15) is 0 Å². The van der Waals surface area contributed by atoms with E-state index in [0.29, 0.717) is 0 Å². The summed E-state index contributed by atoms with van der Waals surface area (Å²) >= 11 is 0.